The molecule has 0 aliphatic carbocycles. The number of anilines is 1. The molecule has 1 fully saturated rings. The molecule has 10 heteroatoms. The normalized spacial score (nSPS) is 19.2. The Labute approximate surface area is 144 Å². The highest BCUT2D eigenvalue weighted by molar-refractivity contribution is 7.14. The third-order valence-corrected chi connectivity index (χ3v) is 4.29. The molecule has 0 saturated carbocycles. The molecule has 1 amide bonds. The fourth-order valence-corrected chi connectivity index (χ4v) is 3.09. The van der Waals surface area contributed by atoms with Crippen molar-refractivity contribution in [3.05, 3.63) is 29.6 Å². The van der Waals surface area contributed by atoms with Crippen LogP contribution in [0.4, 0.5) is 22.7 Å². The van der Waals surface area contributed by atoms with Crippen LogP contribution in [-0.4, -0.2) is 36.0 Å². The van der Waals surface area contributed by atoms with Crippen molar-refractivity contribution in [2.45, 2.75) is 25.0 Å². The molecule has 1 unspecified atom stereocenters. The summed E-state index contributed by atoms with van der Waals surface area (Å²) >= 11 is 1.14. The van der Waals surface area contributed by atoms with E-state index in [4.69, 9.17) is 0 Å². The number of amides is 1. The Morgan fingerprint density at radius 1 is 1.36 bits per heavy atom. The number of carbonyl (C=O) groups excluding carboxylic acids is 1. The number of alkyl halides is 4. The fourth-order valence-electron chi connectivity index (χ4n) is 2.36. The molecule has 2 aromatic rings. The van der Waals surface area contributed by atoms with E-state index in [2.05, 4.69) is 20.4 Å². The highest BCUT2D eigenvalue weighted by Crippen LogP contribution is 2.29. The zero-order chi connectivity index (χ0) is 18.0. The molecule has 25 heavy (non-hydrogen) atoms. The van der Waals surface area contributed by atoms with Gasteiger partial charge in [0.25, 0.3) is 5.92 Å². The predicted octanol–water partition coefficient (Wildman–Crippen LogP) is 3.35. The van der Waals surface area contributed by atoms with E-state index in [0.29, 0.717) is 11.3 Å². The standard InChI is InChI=1S/C15H13F4N3O2S/c16-13(17)24-9-3-1-8(2-4-9)11-6-25-14(21-11)22-12(23)10-5-15(18,19)7-20-10/h1-4,6,10,13,20H,5,7H2,(H,21,22,23). The summed E-state index contributed by atoms with van der Waals surface area (Å²) in [6.45, 7) is -3.43. The van der Waals surface area contributed by atoms with Crippen molar-refractivity contribution in [3.63, 3.8) is 0 Å². The molecule has 134 valence electrons. The number of nitrogens with one attached hydrogen (secondary N) is 2. The maximum absolute atomic E-state index is 13.1. The van der Waals surface area contributed by atoms with E-state index in [9.17, 15) is 22.4 Å². The molecule has 1 aromatic heterocycles. The average Bonchev–Trinajstić information content (AvgIpc) is 3.14. The van der Waals surface area contributed by atoms with E-state index in [1.165, 1.54) is 12.1 Å². The predicted molar refractivity (Wildman–Crippen MR) is 84.2 cm³/mol. The number of aromatic nitrogens is 1. The van der Waals surface area contributed by atoms with Crippen LogP contribution in [0.1, 0.15) is 6.42 Å². The Balaban J connectivity index is 1.63. The monoisotopic (exact) mass is 375 g/mol. The first kappa shape index (κ1) is 17.6. The van der Waals surface area contributed by atoms with Crippen LogP contribution in [0.25, 0.3) is 11.3 Å². The lowest BCUT2D eigenvalue weighted by atomic mass is 10.2. The lowest BCUT2D eigenvalue weighted by molar-refractivity contribution is -0.118. The summed E-state index contributed by atoms with van der Waals surface area (Å²) in [5, 5.41) is 6.90. The van der Waals surface area contributed by atoms with Crippen LogP contribution in [0.2, 0.25) is 0 Å². The van der Waals surface area contributed by atoms with E-state index in [1.54, 1.807) is 17.5 Å². The molecule has 1 aromatic carbocycles. The lowest BCUT2D eigenvalue weighted by Gasteiger charge is -2.09. The van der Waals surface area contributed by atoms with Gasteiger partial charge in [-0.1, -0.05) is 0 Å². The maximum atomic E-state index is 13.1. The zero-order valence-corrected chi connectivity index (χ0v) is 13.5. The minimum Gasteiger partial charge on any atom is -0.435 e. The Kier molecular flexibility index (Phi) is 4.91. The van der Waals surface area contributed by atoms with Gasteiger partial charge in [0.15, 0.2) is 5.13 Å². The van der Waals surface area contributed by atoms with E-state index >= 15 is 0 Å². The summed E-state index contributed by atoms with van der Waals surface area (Å²) in [5.74, 6) is -3.44. The second kappa shape index (κ2) is 6.96. The summed E-state index contributed by atoms with van der Waals surface area (Å²) in [6.07, 6.45) is -0.553. The van der Waals surface area contributed by atoms with Gasteiger partial charge in [-0.05, 0) is 24.3 Å². The van der Waals surface area contributed by atoms with E-state index < -0.39 is 37.4 Å². The highest BCUT2D eigenvalue weighted by Gasteiger charge is 2.42. The molecule has 1 saturated heterocycles. The van der Waals surface area contributed by atoms with Crippen LogP contribution in [0, 0.1) is 0 Å². The summed E-state index contributed by atoms with van der Waals surface area (Å²) in [6, 6.07) is 4.90. The third-order valence-electron chi connectivity index (χ3n) is 3.54. The summed E-state index contributed by atoms with van der Waals surface area (Å²) in [4.78, 5) is 16.2. The minimum atomic E-state index is -2.90. The molecule has 0 bridgehead atoms. The van der Waals surface area contributed by atoms with Crippen molar-refractivity contribution in [3.8, 4) is 17.0 Å². The Hall–Kier alpha value is -2.20. The van der Waals surface area contributed by atoms with Crippen molar-refractivity contribution in [2.24, 2.45) is 0 Å². The van der Waals surface area contributed by atoms with Gasteiger partial charge in [0.1, 0.15) is 5.75 Å². The second-order valence-electron chi connectivity index (χ2n) is 5.42. The van der Waals surface area contributed by atoms with Crippen LogP contribution in [0.5, 0.6) is 5.75 Å². The molecular formula is C15H13F4N3O2S. The lowest BCUT2D eigenvalue weighted by Crippen LogP contribution is -2.35. The van der Waals surface area contributed by atoms with Gasteiger partial charge in [-0.3, -0.25) is 10.1 Å². The number of halogens is 4. The fraction of sp³-hybridized carbons (Fsp3) is 0.333. The van der Waals surface area contributed by atoms with Crippen LogP contribution in [0.15, 0.2) is 29.6 Å². The first-order chi connectivity index (χ1) is 11.8. The number of rotatable bonds is 5. The van der Waals surface area contributed by atoms with Crippen LogP contribution < -0.4 is 15.4 Å². The highest BCUT2D eigenvalue weighted by atomic mass is 32.1. The summed E-state index contributed by atoms with van der Waals surface area (Å²) in [7, 11) is 0. The van der Waals surface area contributed by atoms with Gasteiger partial charge in [-0.15, -0.1) is 11.3 Å². The Morgan fingerprint density at radius 3 is 2.68 bits per heavy atom. The number of benzene rings is 1. The smallest absolute Gasteiger partial charge is 0.387 e. The Morgan fingerprint density at radius 2 is 2.08 bits per heavy atom. The van der Waals surface area contributed by atoms with Crippen molar-refractivity contribution in [1.29, 1.82) is 0 Å². The number of thiazole rings is 1. The molecule has 0 spiro atoms. The molecular weight excluding hydrogens is 362 g/mol. The van der Waals surface area contributed by atoms with Gasteiger partial charge >= 0.3 is 6.61 Å². The first-order valence-corrected chi connectivity index (χ1v) is 8.13. The number of hydrogen-bond donors (Lipinski definition) is 2. The third kappa shape index (κ3) is 4.45. The average molecular weight is 375 g/mol. The van der Waals surface area contributed by atoms with Gasteiger partial charge < -0.3 is 10.1 Å². The minimum absolute atomic E-state index is 0.0238. The number of carbonyl (C=O) groups is 1. The molecule has 2 heterocycles. The van der Waals surface area contributed by atoms with Gasteiger partial charge in [-0.25, -0.2) is 13.8 Å². The summed E-state index contributed by atoms with van der Waals surface area (Å²) < 4.78 is 54.7. The maximum Gasteiger partial charge on any atom is 0.387 e. The summed E-state index contributed by atoms with van der Waals surface area (Å²) in [5.41, 5.74) is 1.16. The molecule has 1 aliphatic rings. The van der Waals surface area contributed by atoms with Crippen LogP contribution in [-0.2, 0) is 4.79 Å². The second-order valence-corrected chi connectivity index (χ2v) is 6.28. The zero-order valence-electron chi connectivity index (χ0n) is 12.6. The molecule has 1 aliphatic heterocycles. The Bertz CT molecular complexity index is 751. The SMILES string of the molecule is O=C(Nc1nc(-c2ccc(OC(F)F)cc2)cs1)C1CC(F)(F)CN1. The van der Waals surface area contributed by atoms with Gasteiger partial charge in [0.2, 0.25) is 5.91 Å². The van der Waals surface area contributed by atoms with Crippen molar-refractivity contribution < 1.29 is 27.1 Å². The van der Waals surface area contributed by atoms with E-state index in [0.717, 1.165) is 11.3 Å². The number of ether oxygens (including phenoxy) is 1. The topological polar surface area (TPSA) is 63.2 Å². The van der Waals surface area contributed by atoms with Gasteiger partial charge in [-0.2, -0.15) is 8.78 Å². The van der Waals surface area contributed by atoms with Crippen molar-refractivity contribution in [1.82, 2.24) is 10.3 Å². The molecule has 0 radical (unpaired) electrons. The van der Waals surface area contributed by atoms with Crippen LogP contribution in [0.3, 0.4) is 0 Å². The van der Waals surface area contributed by atoms with Gasteiger partial charge in [0.05, 0.1) is 18.3 Å². The number of nitrogens with zero attached hydrogens (tertiary/aromatic N) is 1. The van der Waals surface area contributed by atoms with Crippen molar-refractivity contribution >= 4 is 22.4 Å². The largest absolute Gasteiger partial charge is 0.435 e. The quantitative estimate of drug-likeness (QED) is 0.787. The molecule has 2 N–H and O–H groups in total. The van der Waals surface area contributed by atoms with Crippen LogP contribution >= 0.6 is 11.3 Å². The molecule has 5 nitrogen and oxygen atoms in total. The van der Waals surface area contributed by atoms with E-state index in [1.807, 2.05) is 0 Å². The number of hydrogen-bond acceptors (Lipinski definition) is 5. The van der Waals surface area contributed by atoms with E-state index in [-0.39, 0.29) is 10.9 Å². The first-order valence-electron chi connectivity index (χ1n) is 7.25. The van der Waals surface area contributed by atoms with Gasteiger partial charge in [0, 0.05) is 17.4 Å². The molecule has 3 rings (SSSR count). The van der Waals surface area contributed by atoms with Crippen molar-refractivity contribution in [2.75, 3.05) is 11.9 Å². The molecule has 1 atom stereocenters.